The minimum Gasteiger partial charge on any atom is -0.490 e. The van der Waals surface area contributed by atoms with Crippen LogP contribution >= 0.6 is 27.5 Å². The van der Waals surface area contributed by atoms with Gasteiger partial charge in [0.1, 0.15) is 6.61 Å². The zero-order chi connectivity index (χ0) is 19.5. The number of aliphatic hydroxyl groups is 1. The summed E-state index contributed by atoms with van der Waals surface area (Å²) in [6.45, 7) is 5.27. The summed E-state index contributed by atoms with van der Waals surface area (Å²) >= 11 is 9.51. The summed E-state index contributed by atoms with van der Waals surface area (Å²) in [4.78, 5) is 0. The lowest BCUT2D eigenvalue weighted by Crippen LogP contribution is -2.20. The van der Waals surface area contributed by atoms with E-state index in [0.717, 1.165) is 15.6 Å². The third-order valence-corrected chi connectivity index (χ3v) is 4.49. The van der Waals surface area contributed by atoms with Crippen molar-refractivity contribution in [1.29, 1.82) is 0 Å². The van der Waals surface area contributed by atoms with Crippen molar-refractivity contribution in [3.63, 3.8) is 0 Å². The highest BCUT2D eigenvalue weighted by Crippen LogP contribution is 2.37. The Labute approximate surface area is 173 Å². The van der Waals surface area contributed by atoms with Crippen LogP contribution in [0.15, 0.2) is 40.9 Å². The number of hydrogen-bond donors (Lipinski definition) is 2. The third kappa shape index (κ3) is 7.68. The van der Waals surface area contributed by atoms with Crippen molar-refractivity contribution in [3.8, 4) is 11.5 Å². The Morgan fingerprint density at radius 3 is 2.56 bits per heavy atom. The standard InChI is InChI=1S/C20H25BrClNO4/c1-2-26-19-12-16(13-23-7-9-25-10-8-24)11-18(21)20(19)27-14-15-3-5-17(22)6-4-15/h3-6,11-12,23-24H,2,7-10,13-14H2,1H3. The fourth-order valence-corrected chi connectivity index (χ4v) is 3.14. The summed E-state index contributed by atoms with van der Waals surface area (Å²) in [5, 5.41) is 12.7. The van der Waals surface area contributed by atoms with Crippen molar-refractivity contribution in [2.24, 2.45) is 0 Å². The molecule has 0 amide bonds. The van der Waals surface area contributed by atoms with Gasteiger partial charge in [0, 0.05) is 18.1 Å². The van der Waals surface area contributed by atoms with Gasteiger partial charge in [-0.25, -0.2) is 0 Å². The van der Waals surface area contributed by atoms with Crippen molar-refractivity contribution in [3.05, 3.63) is 57.0 Å². The van der Waals surface area contributed by atoms with Gasteiger partial charge in [-0.15, -0.1) is 0 Å². The zero-order valence-electron chi connectivity index (χ0n) is 15.3. The molecule has 0 spiro atoms. The average Bonchev–Trinajstić information content (AvgIpc) is 2.65. The molecule has 0 unspecified atom stereocenters. The minimum absolute atomic E-state index is 0.0438. The molecule has 2 N–H and O–H groups in total. The van der Waals surface area contributed by atoms with Crippen molar-refractivity contribution < 1.29 is 19.3 Å². The molecule has 5 nitrogen and oxygen atoms in total. The number of rotatable bonds is 12. The fraction of sp³-hybridized carbons (Fsp3) is 0.400. The van der Waals surface area contributed by atoms with E-state index in [1.54, 1.807) is 0 Å². The molecule has 0 aliphatic carbocycles. The molecule has 0 heterocycles. The van der Waals surface area contributed by atoms with E-state index in [-0.39, 0.29) is 6.61 Å². The van der Waals surface area contributed by atoms with Crippen molar-refractivity contribution >= 4 is 27.5 Å². The van der Waals surface area contributed by atoms with Gasteiger partial charge in [-0.05, 0) is 58.2 Å². The molecule has 0 bridgehead atoms. The van der Waals surface area contributed by atoms with Crippen LogP contribution < -0.4 is 14.8 Å². The van der Waals surface area contributed by atoms with Crippen LogP contribution in [0.5, 0.6) is 11.5 Å². The van der Waals surface area contributed by atoms with Gasteiger partial charge in [-0.3, -0.25) is 0 Å². The van der Waals surface area contributed by atoms with Crippen LogP contribution in [0.1, 0.15) is 18.1 Å². The Morgan fingerprint density at radius 1 is 1.07 bits per heavy atom. The zero-order valence-corrected chi connectivity index (χ0v) is 17.7. The lowest BCUT2D eigenvalue weighted by atomic mass is 10.2. The molecule has 27 heavy (non-hydrogen) atoms. The molecule has 0 saturated carbocycles. The number of nitrogens with one attached hydrogen (secondary N) is 1. The topological polar surface area (TPSA) is 60.0 Å². The van der Waals surface area contributed by atoms with E-state index in [1.807, 2.05) is 43.3 Å². The first-order valence-corrected chi connectivity index (χ1v) is 10.0. The van der Waals surface area contributed by atoms with E-state index in [9.17, 15) is 0 Å². The maximum atomic E-state index is 8.68. The molecule has 2 rings (SSSR count). The Kier molecular flexibility index (Phi) is 9.94. The Balaban J connectivity index is 1.98. The predicted octanol–water partition coefficient (Wildman–Crippen LogP) is 4.18. The van der Waals surface area contributed by atoms with Crippen LogP contribution in [-0.2, 0) is 17.9 Å². The Bertz CT molecular complexity index is 697. The Hall–Kier alpha value is -1.31. The number of benzene rings is 2. The van der Waals surface area contributed by atoms with E-state index < -0.39 is 0 Å². The predicted molar refractivity (Wildman–Crippen MR) is 111 cm³/mol. The van der Waals surface area contributed by atoms with Crippen LogP contribution in [0.2, 0.25) is 5.02 Å². The van der Waals surface area contributed by atoms with Crippen molar-refractivity contribution in [1.82, 2.24) is 5.32 Å². The molecule has 0 fully saturated rings. The molecule has 0 aliphatic heterocycles. The molecule has 0 radical (unpaired) electrons. The maximum Gasteiger partial charge on any atom is 0.175 e. The highest BCUT2D eigenvalue weighted by Gasteiger charge is 2.12. The molecule has 0 aliphatic rings. The van der Waals surface area contributed by atoms with Gasteiger partial charge in [0.25, 0.3) is 0 Å². The summed E-state index contributed by atoms with van der Waals surface area (Å²) < 4.78 is 17.8. The summed E-state index contributed by atoms with van der Waals surface area (Å²) in [5.41, 5.74) is 2.11. The highest BCUT2D eigenvalue weighted by molar-refractivity contribution is 9.10. The first-order valence-electron chi connectivity index (χ1n) is 8.85. The highest BCUT2D eigenvalue weighted by atomic mass is 79.9. The maximum absolute atomic E-state index is 8.68. The molecule has 148 valence electrons. The van der Waals surface area contributed by atoms with Crippen LogP contribution in [0.4, 0.5) is 0 Å². The molecule has 2 aromatic rings. The van der Waals surface area contributed by atoms with Gasteiger partial charge >= 0.3 is 0 Å². The summed E-state index contributed by atoms with van der Waals surface area (Å²) in [6, 6.07) is 11.6. The fourth-order valence-electron chi connectivity index (χ4n) is 2.41. The van der Waals surface area contributed by atoms with Crippen LogP contribution in [0.25, 0.3) is 0 Å². The Morgan fingerprint density at radius 2 is 1.85 bits per heavy atom. The van der Waals surface area contributed by atoms with E-state index >= 15 is 0 Å². The number of aliphatic hydroxyl groups excluding tert-OH is 1. The second-order valence-electron chi connectivity index (χ2n) is 5.77. The summed E-state index contributed by atoms with van der Waals surface area (Å²) in [5.74, 6) is 1.39. The van der Waals surface area contributed by atoms with Gasteiger partial charge < -0.3 is 24.6 Å². The molecule has 0 saturated heterocycles. The van der Waals surface area contributed by atoms with E-state index in [4.69, 9.17) is 30.9 Å². The van der Waals surface area contributed by atoms with Crippen molar-refractivity contribution in [2.45, 2.75) is 20.1 Å². The quantitative estimate of drug-likeness (QED) is 0.467. The number of hydrogen-bond acceptors (Lipinski definition) is 5. The average molecular weight is 459 g/mol. The largest absolute Gasteiger partial charge is 0.490 e. The van der Waals surface area contributed by atoms with Crippen LogP contribution in [0.3, 0.4) is 0 Å². The van der Waals surface area contributed by atoms with Gasteiger partial charge in [0.15, 0.2) is 11.5 Å². The summed E-state index contributed by atoms with van der Waals surface area (Å²) in [7, 11) is 0. The first-order chi connectivity index (χ1) is 13.1. The normalized spacial score (nSPS) is 10.8. The minimum atomic E-state index is 0.0438. The second kappa shape index (κ2) is 12.2. The van der Waals surface area contributed by atoms with Gasteiger partial charge in [0.2, 0.25) is 0 Å². The smallest absolute Gasteiger partial charge is 0.175 e. The van der Waals surface area contributed by atoms with Crippen LogP contribution in [-0.4, -0.2) is 38.1 Å². The first kappa shape index (κ1) is 22.0. The molecule has 0 aromatic heterocycles. The van der Waals surface area contributed by atoms with Gasteiger partial charge in [-0.2, -0.15) is 0 Å². The van der Waals surface area contributed by atoms with E-state index in [1.165, 1.54) is 0 Å². The summed E-state index contributed by atoms with van der Waals surface area (Å²) in [6.07, 6.45) is 0. The second-order valence-corrected chi connectivity index (χ2v) is 7.06. The molecule has 2 aromatic carbocycles. The lowest BCUT2D eigenvalue weighted by Gasteiger charge is -2.16. The SMILES string of the molecule is CCOc1cc(CNCCOCCO)cc(Br)c1OCc1ccc(Cl)cc1. The van der Waals surface area contributed by atoms with Gasteiger partial charge in [0.05, 0.1) is 30.9 Å². The number of halogens is 2. The van der Waals surface area contributed by atoms with Crippen LogP contribution in [0, 0.1) is 0 Å². The molecule has 0 atom stereocenters. The van der Waals surface area contributed by atoms with Gasteiger partial charge in [-0.1, -0.05) is 23.7 Å². The number of ether oxygens (including phenoxy) is 3. The molecular formula is C20H25BrClNO4. The monoisotopic (exact) mass is 457 g/mol. The van der Waals surface area contributed by atoms with E-state index in [0.29, 0.717) is 56.0 Å². The molecule has 7 heteroatoms. The third-order valence-electron chi connectivity index (χ3n) is 3.65. The molecular weight excluding hydrogens is 434 g/mol. The van der Waals surface area contributed by atoms with E-state index in [2.05, 4.69) is 21.2 Å². The lowest BCUT2D eigenvalue weighted by molar-refractivity contribution is 0.0938. The van der Waals surface area contributed by atoms with Crippen molar-refractivity contribution in [2.75, 3.05) is 33.0 Å².